The number of nitrogens with zero attached hydrogens (tertiary/aromatic N) is 4. The molecule has 1 aromatic rings. The number of anilines is 1. The van der Waals surface area contributed by atoms with Crippen molar-refractivity contribution in [2.24, 2.45) is 0 Å². The van der Waals surface area contributed by atoms with Crippen molar-refractivity contribution in [1.29, 1.82) is 5.26 Å². The highest BCUT2D eigenvalue weighted by Gasteiger charge is 2.22. The molecule has 0 radical (unpaired) electrons. The van der Waals surface area contributed by atoms with E-state index in [1.165, 1.54) is 31.5 Å². The number of amides is 1. The molecule has 1 amide bonds. The van der Waals surface area contributed by atoms with E-state index >= 15 is 0 Å². The molecule has 0 atom stereocenters. The summed E-state index contributed by atoms with van der Waals surface area (Å²) in [6, 6.07) is 5.93. The van der Waals surface area contributed by atoms with E-state index in [0.29, 0.717) is 18.8 Å². The predicted molar refractivity (Wildman–Crippen MR) is 91.0 cm³/mol. The molecule has 1 aliphatic heterocycles. The van der Waals surface area contributed by atoms with Crippen molar-refractivity contribution in [3.05, 3.63) is 40.1 Å². The average Bonchev–Trinajstić information content (AvgIpc) is 2.62. The molecule has 25 heavy (non-hydrogen) atoms. The lowest BCUT2D eigenvalue weighted by Gasteiger charge is -2.32. The average molecular weight is 345 g/mol. The van der Waals surface area contributed by atoms with Gasteiger partial charge in [-0.2, -0.15) is 5.26 Å². The summed E-state index contributed by atoms with van der Waals surface area (Å²) in [5.74, 6) is -0.0984. The zero-order chi connectivity index (χ0) is 18.4. The molecule has 0 spiro atoms. The summed E-state index contributed by atoms with van der Waals surface area (Å²) in [6.45, 7) is 2.65. The van der Waals surface area contributed by atoms with Crippen LogP contribution < -0.4 is 10.1 Å². The van der Waals surface area contributed by atoms with Crippen LogP contribution >= 0.6 is 0 Å². The van der Waals surface area contributed by atoms with Crippen molar-refractivity contribution in [2.75, 3.05) is 45.7 Å². The SMILES string of the molecule is COc1cc([N+](=O)[O-])ccc1N/C=C(/C#N)C(=O)N1CCN(C)CC1. The van der Waals surface area contributed by atoms with E-state index in [2.05, 4.69) is 10.2 Å². The largest absolute Gasteiger partial charge is 0.494 e. The maximum Gasteiger partial charge on any atom is 0.273 e. The van der Waals surface area contributed by atoms with Gasteiger partial charge in [0, 0.05) is 38.4 Å². The lowest BCUT2D eigenvalue weighted by molar-refractivity contribution is -0.384. The van der Waals surface area contributed by atoms with E-state index in [1.807, 2.05) is 13.1 Å². The number of carbonyl (C=O) groups is 1. The molecule has 1 aliphatic rings. The summed E-state index contributed by atoms with van der Waals surface area (Å²) < 4.78 is 5.11. The molecular formula is C16H19N5O4. The number of non-ortho nitro benzene ring substituents is 1. The molecule has 1 saturated heterocycles. The number of nitro benzene ring substituents is 1. The van der Waals surface area contributed by atoms with Crippen LogP contribution in [0.15, 0.2) is 30.0 Å². The molecule has 1 fully saturated rings. The summed E-state index contributed by atoms with van der Waals surface area (Å²) in [5, 5.41) is 22.9. The molecule has 9 nitrogen and oxygen atoms in total. The zero-order valence-electron chi connectivity index (χ0n) is 14.1. The number of hydrogen-bond donors (Lipinski definition) is 1. The lowest BCUT2D eigenvalue weighted by Crippen LogP contribution is -2.47. The smallest absolute Gasteiger partial charge is 0.273 e. The van der Waals surface area contributed by atoms with Crippen LogP contribution in [0.25, 0.3) is 0 Å². The molecule has 0 aromatic heterocycles. The molecule has 0 bridgehead atoms. The molecule has 132 valence electrons. The summed E-state index contributed by atoms with van der Waals surface area (Å²) in [6.07, 6.45) is 1.30. The number of likely N-dealkylation sites (N-methyl/N-ethyl adjacent to an activating group) is 1. The fourth-order valence-electron chi connectivity index (χ4n) is 2.38. The second-order valence-corrected chi connectivity index (χ2v) is 5.55. The molecule has 1 N–H and O–H groups in total. The summed E-state index contributed by atoms with van der Waals surface area (Å²) in [7, 11) is 3.36. The summed E-state index contributed by atoms with van der Waals surface area (Å²) in [4.78, 5) is 26.4. The van der Waals surface area contributed by atoms with Crippen LogP contribution in [0.1, 0.15) is 0 Å². The number of ether oxygens (including phenoxy) is 1. The van der Waals surface area contributed by atoms with Crippen LogP contribution in [0.3, 0.4) is 0 Å². The maximum atomic E-state index is 12.4. The van der Waals surface area contributed by atoms with Crippen molar-refractivity contribution < 1.29 is 14.5 Å². The topological polar surface area (TPSA) is 112 Å². The van der Waals surface area contributed by atoms with Gasteiger partial charge in [-0.25, -0.2) is 0 Å². The summed E-state index contributed by atoms with van der Waals surface area (Å²) >= 11 is 0. The molecule has 0 saturated carbocycles. The highest BCUT2D eigenvalue weighted by Crippen LogP contribution is 2.29. The van der Waals surface area contributed by atoms with Gasteiger partial charge < -0.3 is 19.9 Å². The van der Waals surface area contributed by atoms with Gasteiger partial charge in [-0.1, -0.05) is 0 Å². The maximum absolute atomic E-state index is 12.4. The minimum absolute atomic E-state index is 0.0371. The first-order chi connectivity index (χ1) is 12.0. The Morgan fingerprint density at radius 1 is 1.40 bits per heavy atom. The fourth-order valence-corrected chi connectivity index (χ4v) is 2.38. The minimum Gasteiger partial charge on any atom is -0.494 e. The number of piperazine rings is 1. The van der Waals surface area contributed by atoms with Crippen LogP contribution in [0, 0.1) is 21.4 Å². The van der Waals surface area contributed by atoms with E-state index in [9.17, 15) is 20.2 Å². The van der Waals surface area contributed by atoms with Gasteiger partial charge in [0.2, 0.25) is 0 Å². The lowest BCUT2D eigenvalue weighted by atomic mass is 10.2. The number of benzene rings is 1. The Morgan fingerprint density at radius 2 is 2.08 bits per heavy atom. The van der Waals surface area contributed by atoms with E-state index in [0.717, 1.165) is 13.1 Å². The number of hydrogen-bond acceptors (Lipinski definition) is 7. The molecule has 1 aromatic carbocycles. The highest BCUT2D eigenvalue weighted by atomic mass is 16.6. The van der Waals surface area contributed by atoms with Crippen molar-refractivity contribution in [2.45, 2.75) is 0 Å². The van der Waals surface area contributed by atoms with Crippen LogP contribution in [0.4, 0.5) is 11.4 Å². The van der Waals surface area contributed by atoms with Crippen LogP contribution in [-0.4, -0.2) is 61.0 Å². The first-order valence-corrected chi connectivity index (χ1v) is 7.63. The van der Waals surface area contributed by atoms with E-state index in [1.54, 1.807) is 4.90 Å². The Kier molecular flexibility index (Phi) is 5.92. The highest BCUT2D eigenvalue weighted by molar-refractivity contribution is 5.97. The number of carbonyl (C=O) groups excluding carboxylic acids is 1. The molecule has 9 heteroatoms. The van der Waals surface area contributed by atoms with E-state index < -0.39 is 4.92 Å². The van der Waals surface area contributed by atoms with Gasteiger partial charge in [0.05, 0.1) is 23.8 Å². The van der Waals surface area contributed by atoms with Crippen molar-refractivity contribution in [1.82, 2.24) is 9.80 Å². The third-order valence-corrected chi connectivity index (χ3v) is 3.91. The first kappa shape index (κ1) is 18.2. The number of methoxy groups -OCH3 is 1. The normalized spacial score (nSPS) is 15.4. The number of rotatable bonds is 5. The van der Waals surface area contributed by atoms with E-state index in [-0.39, 0.29) is 22.9 Å². The fraction of sp³-hybridized carbons (Fsp3) is 0.375. The standard InChI is InChI=1S/C16H19N5O4/c1-19-5-7-20(8-6-19)16(22)12(10-17)11-18-14-4-3-13(21(23)24)9-15(14)25-2/h3-4,9,11,18H,5-8H2,1-2H3/b12-11-. The molecule has 1 heterocycles. The Labute approximate surface area is 145 Å². The molecule has 0 aliphatic carbocycles. The Hall–Kier alpha value is -3.12. The van der Waals surface area contributed by atoms with Gasteiger partial charge in [-0.05, 0) is 13.1 Å². The number of nitrogens with one attached hydrogen (secondary N) is 1. The van der Waals surface area contributed by atoms with Crippen molar-refractivity contribution >= 4 is 17.3 Å². The second kappa shape index (κ2) is 8.12. The second-order valence-electron chi connectivity index (χ2n) is 5.55. The van der Waals surface area contributed by atoms with Gasteiger partial charge in [0.1, 0.15) is 17.4 Å². The van der Waals surface area contributed by atoms with Crippen molar-refractivity contribution in [3.63, 3.8) is 0 Å². The first-order valence-electron chi connectivity index (χ1n) is 7.63. The Bertz CT molecular complexity index is 733. The monoisotopic (exact) mass is 345 g/mol. The minimum atomic E-state index is -0.528. The quantitative estimate of drug-likeness (QED) is 0.369. The van der Waals surface area contributed by atoms with Gasteiger partial charge in [-0.15, -0.1) is 0 Å². The van der Waals surface area contributed by atoms with E-state index in [4.69, 9.17) is 4.74 Å². The Morgan fingerprint density at radius 3 is 2.64 bits per heavy atom. The third kappa shape index (κ3) is 4.45. The molecular weight excluding hydrogens is 326 g/mol. The van der Waals surface area contributed by atoms with Gasteiger partial charge in [0.15, 0.2) is 0 Å². The van der Waals surface area contributed by atoms with Crippen LogP contribution in [-0.2, 0) is 4.79 Å². The zero-order valence-corrected chi connectivity index (χ0v) is 14.1. The Balaban J connectivity index is 2.14. The predicted octanol–water partition coefficient (Wildman–Crippen LogP) is 1.20. The van der Waals surface area contributed by atoms with Gasteiger partial charge >= 0.3 is 0 Å². The van der Waals surface area contributed by atoms with Gasteiger partial charge in [0.25, 0.3) is 11.6 Å². The number of nitriles is 1. The van der Waals surface area contributed by atoms with Gasteiger partial charge in [-0.3, -0.25) is 14.9 Å². The van der Waals surface area contributed by atoms with Crippen LogP contribution in [0.5, 0.6) is 5.75 Å². The molecule has 0 unspecified atom stereocenters. The summed E-state index contributed by atoms with van der Waals surface area (Å²) in [5.41, 5.74) is 0.275. The van der Waals surface area contributed by atoms with Crippen LogP contribution in [0.2, 0.25) is 0 Å². The molecule has 2 rings (SSSR count). The third-order valence-electron chi connectivity index (χ3n) is 3.91. The number of nitro groups is 1. The van der Waals surface area contributed by atoms with Crippen molar-refractivity contribution in [3.8, 4) is 11.8 Å².